The van der Waals surface area contributed by atoms with Crippen molar-refractivity contribution in [3.63, 3.8) is 0 Å². The Morgan fingerprint density at radius 2 is 1.74 bits per heavy atom. The lowest BCUT2D eigenvalue weighted by atomic mass is 10.1. The van der Waals surface area contributed by atoms with Crippen LogP contribution in [0.5, 0.6) is 5.75 Å². The Balaban J connectivity index is 2.06. The fourth-order valence-electron chi connectivity index (χ4n) is 2.39. The van der Waals surface area contributed by atoms with Crippen molar-refractivity contribution in [2.24, 2.45) is 0 Å². The molecule has 0 aromatic heterocycles. The van der Waals surface area contributed by atoms with E-state index in [1.807, 2.05) is 0 Å². The van der Waals surface area contributed by atoms with Crippen LogP contribution in [0.1, 0.15) is 33.2 Å². The molecule has 0 aliphatic heterocycles. The lowest BCUT2D eigenvalue weighted by Crippen LogP contribution is -2.23. The highest BCUT2D eigenvalue weighted by Crippen LogP contribution is 2.28. The highest BCUT2D eigenvalue weighted by molar-refractivity contribution is 5.95. The molecular weight excluding hydrogens is 350 g/mol. The molecule has 1 N–H and O–H groups in total. The first-order chi connectivity index (χ1) is 12.8. The fourth-order valence-corrected chi connectivity index (χ4v) is 2.39. The summed E-state index contributed by atoms with van der Waals surface area (Å²) in [5.41, 5.74) is 1.27. The van der Waals surface area contributed by atoms with Crippen LogP contribution in [0.4, 0.5) is 5.69 Å². The first-order valence-corrected chi connectivity index (χ1v) is 8.33. The third-order valence-electron chi connectivity index (χ3n) is 3.78. The summed E-state index contributed by atoms with van der Waals surface area (Å²) >= 11 is 0. The average Bonchev–Trinajstić information content (AvgIpc) is 2.66. The van der Waals surface area contributed by atoms with Gasteiger partial charge in [-0.3, -0.25) is 19.7 Å². The van der Waals surface area contributed by atoms with Gasteiger partial charge in [0.05, 0.1) is 11.5 Å². The van der Waals surface area contributed by atoms with E-state index in [2.05, 4.69) is 5.32 Å². The van der Waals surface area contributed by atoms with Gasteiger partial charge in [-0.25, -0.2) is 0 Å². The summed E-state index contributed by atoms with van der Waals surface area (Å²) in [6.07, 6.45) is 0. The molecule has 27 heavy (non-hydrogen) atoms. The van der Waals surface area contributed by atoms with E-state index in [0.29, 0.717) is 12.2 Å². The van der Waals surface area contributed by atoms with E-state index in [0.717, 1.165) is 5.56 Å². The Morgan fingerprint density at radius 1 is 1.11 bits per heavy atom. The zero-order valence-electron chi connectivity index (χ0n) is 15.4. The highest BCUT2D eigenvalue weighted by atomic mass is 16.6. The summed E-state index contributed by atoms with van der Waals surface area (Å²) in [7, 11) is 3.35. The second-order valence-electron chi connectivity index (χ2n) is 5.95. The molecule has 2 aromatic rings. The van der Waals surface area contributed by atoms with Crippen LogP contribution >= 0.6 is 0 Å². The fraction of sp³-hybridized carbons (Fsp3) is 0.263. The molecule has 0 saturated heterocycles. The van der Waals surface area contributed by atoms with Crippen molar-refractivity contribution in [1.29, 1.82) is 0 Å². The normalized spacial score (nSPS) is 10.2. The minimum absolute atomic E-state index is 0.104. The standard InChI is InChI=1S/C19H21N3O5/c1-4-27-17-10-9-15(11-16(17)22(25)26)18(23)20-12-13-5-7-14(8-6-13)19(24)21(2)3/h5-11H,4,12H2,1-3H3,(H,20,23). The van der Waals surface area contributed by atoms with E-state index in [-0.39, 0.29) is 29.5 Å². The summed E-state index contributed by atoms with van der Waals surface area (Å²) in [6.45, 7) is 2.25. The molecule has 0 unspecified atom stereocenters. The third kappa shape index (κ3) is 5.04. The number of carbonyl (C=O) groups excluding carboxylic acids is 2. The molecule has 0 bridgehead atoms. The van der Waals surface area contributed by atoms with Crippen LogP contribution in [0.3, 0.4) is 0 Å². The first kappa shape index (κ1) is 19.9. The first-order valence-electron chi connectivity index (χ1n) is 8.33. The summed E-state index contributed by atoms with van der Waals surface area (Å²) in [6, 6.07) is 11.0. The van der Waals surface area contributed by atoms with Gasteiger partial charge in [0.25, 0.3) is 11.8 Å². The van der Waals surface area contributed by atoms with Crippen molar-refractivity contribution in [3.8, 4) is 5.75 Å². The van der Waals surface area contributed by atoms with Gasteiger partial charge in [-0.05, 0) is 36.8 Å². The van der Waals surface area contributed by atoms with Crippen LogP contribution in [-0.4, -0.2) is 42.3 Å². The number of nitrogens with zero attached hydrogens (tertiary/aromatic N) is 2. The maximum atomic E-state index is 12.3. The number of nitrogens with one attached hydrogen (secondary N) is 1. The molecule has 2 aromatic carbocycles. The number of carbonyl (C=O) groups is 2. The van der Waals surface area contributed by atoms with Crippen molar-refractivity contribution in [2.45, 2.75) is 13.5 Å². The van der Waals surface area contributed by atoms with Crippen molar-refractivity contribution in [2.75, 3.05) is 20.7 Å². The molecule has 8 heteroatoms. The number of nitro groups is 1. The van der Waals surface area contributed by atoms with Crippen LogP contribution in [0, 0.1) is 10.1 Å². The Hall–Kier alpha value is -3.42. The van der Waals surface area contributed by atoms with Crippen molar-refractivity contribution < 1.29 is 19.2 Å². The highest BCUT2D eigenvalue weighted by Gasteiger charge is 2.18. The predicted molar refractivity (Wildman–Crippen MR) is 99.9 cm³/mol. The van der Waals surface area contributed by atoms with Crippen LogP contribution < -0.4 is 10.1 Å². The van der Waals surface area contributed by atoms with E-state index >= 15 is 0 Å². The van der Waals surface area contributed by atoms with Gasteiger partial charge in [-0.15, -0.1) is 0 Å². The zero-order valence-corrected chi connectivity index (χ0v) is 15.4. The molecule has 0 saturated carbocycles. The molecule has 2 rings (SSSR count). The molecule has 0 radical (unpaired) electrons. The van der Waals surface area contributed by atoms with Gasteiger partial charge in [0.1, 0.15) is 0 Å². The van der Waals surface area contributed by atoms with Crippen molar-refractivity contribution >= 4 is 17.5 Å². The number of nitro benzene ring substituents is 1. The van der Waals surface area contributed by atoms with Gasteiger partial charge in [-0.1, -0.05) is 12.1 Å². The number of amides is 2. The number of hydrogen-bond acceptors (Lipinski definition) is 5. The molecule has 0 aliphatic carbocycles. The Morgan fingerprint density at radius 3 is 2.30 bits per heavy atom. The molecule has 2 amide bonds. The SMILES string of the molecule is CCOc1ccc(C(=O)NCc2ccc(C(=O)N(C)C)cc2)cc1[N+](=O)[O-]. The molecular formula is C19H21N3O5. The van der Waals surface area contributed by atoms with Crippen LogP contribution in [0.2, 0.25) is 0 Å². The second kappa shape index (κ2) is 8.79. The number of hydrogen-bond donors (Lipinski definition) is 1. The minimum atomic E-state index is -0.581. The van der Waals surface area contributed by atoms with Crippen molar-refractivity contribution in [1.82, 2.24) is 10.2 Å². The number of rotatable bonds is 7. The van der Waals surface area contributed by atoms with Gasteiger partial charge in [0.15, 0.2) is 5.75 Å². The topological polar surface area (TPSA) is 102 Å². The minimum Gasteiger partial charge on any atom is -0.487 e. The van der Waals surface area contributed by atoms with Gasteiger partial charge < -0.3 is 15.0 Å². The van der Waals surface area contributed by atoms with Gasteiger partial charge in [0.2, 0.25) is 0 Å². The van der Waals surface area contributed by atoms with Crippen LogP contribution in [-0.2, 0) is 6.54 Å². The molecule has 0 aliphatic rings. The van der Waals surface area contributed by atoms with Gasteiger partial charge >= 0.3 is 5.69 Å². The molecule has 0 fully saturated rings. The second-order valence-corrected chi connectivity index (χ2v) is 5.95. The van der Waals surface area contributed by atoms with E-state index in [9.17, 15) is 19.7 Å². The summed E-state index contributed by atoms with van der Waals surface area (Å²) in [4.78, 5) is 36.2. The van der Waals surface area contributed by atoms with E-state index in [1.54, 1.807) is 45.3 Å². The largest absolute Gasteiger partial charge is 0.487 e. The Bertz CT molecular complexity index is 847. The predicted octanol–water partition coefficient (Wildman–Crippen LogP) is 2.63. The van der Waals surface area contributed by atoms with Gasteiger partial charge in [-0.2, -0.15) is 0 Å². The number of ether oxygens (including phenoxy) is 1. The molecule has 0 heterocycles. The smallest absolute Gasteiger partial charge is 0.311 e. The van der Waals surface area contributed by atoms with E-state index < -0.39 is 10.8 Å². The quantitative estimate of drug-likeness (QED) is 0.595. The van der Waals surface area contributed by atoms with Gasteiger partial charge in [0, 0.05) is 37.8 Å². The molecule has 0 spiro atoms. The zero-order chi connectivity index (χ0) is 20.0. The molecule has 0 atom stereocenters. The van der Waals surface area contributed by atoms with Crippen molar-refractivity contribution in [3.05, 3.63) is 69.3 Å². The Labute approximate surface area is 156 Å². The third-order valence-corrected chi connectivity index (χ3v) is 3.78. The summed E-state index contributed by atoms with van der Waals surface area (Å²) in [5, 5.41) is 13.9. The van der Waals surface area contributed by atoms with Crippen LogP contribution in [0.15, 0.2) is 42.5 Å². The van der Waals surface area contributed by atoms with Crippen LogP contribution in [0.25, 0.3) is 0 Å². The van der Waals surface area contributed by atoms with E-state index in [4.69, 9.17) is 4.74 Å². The summed E-state index contributed by atoms with van der Waals surface area (Å²) in [5.74, 6) is -0.415. The number of benzene rings is 2. The average molecular weight is 371 g/mol. The lowest BCUT2D eigenvalue weighted by Gasteiger charge is -2.11. The summed E-state index contributed by atoms with van der Waals surface area (Å²) < 4.78 is 5.21. The Kier molecular flexibility index (Phi) is 6.48. The molecule has 8 nitrogen and oxygen atoms in total. The lowest BCUT2D eigenvalue weighted by molar-refractivity contribution is -0.385. The molecule has 142 valence electrons. The monoisotopic (exact) mass is 371 g/mol. The maximum absolute atomic E-state index is 12.3. The van der Waals surface area contributed by atoms with E-state index in [1.165, 1.54) is 23.1 Å². The maximum Gasteiger partial charge on any atom is 0.311 e.